The Morgan fingerprint density at radius 1 is 0.897 bits per heavy atom. The number of allylic oxidation sites excluding steroid dienone is 9. The zero-order valence-corrected chi connectivity index (χ0v) is 42.2. The van der Waals surface area contributed by atoms with Gasteiger partial charge in [-0.05, 0) is 45.4 Å². The highest BCUT2D eigenvalue weighted by atomic mass is 32.2. The van der Waals surface area contributed by atoms with Gasteiger partial charge >= 0.3 is 5.97 Å². The number of aliphatic hydroxyl groups is 2. The van der Waals surface area contributed by atoms with E-state index in [9.17, 15) is 29.4 Å². The van der Waals surface area contributed by atoms with Crippen LogP contribution >= 0.6 is 11.8 Å². The van der Waals surface area contributed by atoms with Gasteiger partial charge in [0.25, 0.3) is 0 Å². The molecule has 7 N–H and O–H groups in total. The van der Waals surface area contributed by atoms with Gasteiger partial charge in [0.15, 0.2) is 6.35 Å². The number of fused-ring (bicyclic) bond motifs is 2. The molecular weight excluding hydrogens is 891 g/mol. The molecule has 4 rings (SSSR count). The molecule has 0 saturated carbocycles. The molecule has 68 heavy (non-hydrogen) atoms. The third-order valence-electron chi connectivity index (χ3n) is 12.9. The molecule has 0 radical (unpaired) electrons. The second-order valence-corrected chi connectivity index (χ2v) is 20.1. The highest BCUT2D eigenvalue weighted by Crippen LogP contribution is 2.41. The summed E-state index contributed by atoms with van der Waals surface area (Å²) in [7, 11) is 0. The number of hydrogen-bond donors (Lipinski definition) is 7. The van der Waals surface area contributed by atoms with Crippen molar-refractivity contribution in [2.75, 3.05) is 65.2 Å². The van der Waals surface area contributed by atoms with Crippen LogP contribution in [0.1, 0.15) is 87.0 Å². The summed E-state index contributed by atoms with van der Waals surface area (Å²) in [4.78, 5) is 49.8. The normalized spacial score (nSPS) is 31.6. The first-order chi connectivity index (χ1) is 32.5. The second-order valence-electron chi connectivity index (χ2n) is 18.8. The fourth-order valence-electron chi connectivity index (χ4n) is 8.96. The van der Waals surface area contributed by atoms with E-state index in [1.54, 1.807) is 13.0 Å². The van der Waals surface area contributed by atoms with Crippen molar-refractivity contribution in [1.29, 1.82) is 0 Å². The summed E-state index contributed by atoms with van der Waals surface area (Å²) >= 11 is 1.93. The Morgan fingerprint density at radius 2 is 1.59 bits per heavy atom. The van der Waals surface area contributed by atoms with Crippen LogP contribution in [0, 0.1) is 23.2 Å². The second kappa shape index (κ2) is 30.2. The van der Waals surface area contributed by atoms with Crippen LogP contribution in [0.2, 0.25) is 0 Å². The van der Waals surface area contributed by atoms with E-state index in [1.165, 1.54) is 13.0 Å². The first kappa shape index (κ1) is 56.9. The molecule has 1 unspecified atom stereocenters. The molecular formula is C51H81N5O11S. The van der Waals surface area contributed by atoms with Crippen LogP contribution in [0.3, 0.4) is 0 Å². The quantitative estimate of drug-likeness (QED) is 0.0389. The Labute approximate surface area is 409 Å². The lowest BCUT2D eigenvalue weighted by Gasteiger charge is -2.39. The lowest BCUT2D eigenvalue weighted by Crippen LogP contribution is -2.48. The number of hydrogen-bond acceptors (Lipinski definition) is 14. The maximum atomic E-state index is 13.0. The standard InChI is InChI=1S/C51H81N5O11S/c1-34-11-10-14-46(60)67-49(37(4)48(61)38(5)53-39(6)57)36(3)16-15-35(2)31-40-17-18-41(32-51(40,7)21-19-34)54-45(59)20-23-63-25-27-65-29-30-66-28-26-64-24-22-52-44(58)13-9-8-12-43-47-42(33-68-43)55-50(62)56-47/h10-11,14-19,21,31,36-38,40-43,47-50,55-56,61-62H,8-9,12-13,20,22-30,32-33H2,1-7H3,(H,52,58)(H,53,57)(H,54,59)/b14-10+,16-15+,21-19+,34-11-,35-31+/t36-,37-,38-,40-,41-,42+,43+,47+,48+,49-,50?,51-/m1/s1. The molecule has 2 fully saturated rings. The zero-order chi connectivity index (χ0) is 49.5. The molecule has 3 amide bonds. The number of esters is 1. The first-order valence-corrected chi connectivity index (χ1v) is 25.5. The molecule has 3 heterocycles. The molecule has 0 spiro atoms. The summed E-state index contributed by atoms with van der Waals surface area (Å²) in [5, 5.41) is 36.5. The zero-order valence-electron chi connectivity index (χ0n) is 41.4. The Hall–Kier alpha value is -3.65. The number of amides is 3. The molecule has 0 aromatic carbocycles. The Kier molecular flexibility index (Phi) is 25.3. The summed E-state index contributed by atoms with van der Waals surface area (Å²) in [6.07, 6.45) is 21.5. The van der Waals surface area contributed by atoms with E-state index >= 15 is 0 Å². The van der Waals surface area contributed by atoms with Crippen molar-refractivity contribution in [1.82, 2.24) is 26.6 Å². The first-order valence-electron chi connectivity index (χ1n) is 24.5. The predicted molar refractivity (Wildman–Crippen MR) is 265 cm³/mol. The van der Waals surface area contributed by atoms with E-state index in [0.29, 0.717) is 83.0 Å². The molecule has 16 nitrogen and oxygen atoms in total. The maximum absolute atomic E-state index is 13.0. The van der Waals surface area contributed by atoms with Gasteiger partial charge in [0.1, 0.15) is 6.10 Å². The number of rotatable bonds is 25. The molecule has 0 aromatic rings. The van der Waals surface area contributed by atoms with Crippen molar-refractivity contribution in [3.05, 3.63) is 71.9 Å². The minimum atomic E-state index is -0.946. The van der Waals surface area contributed by atoms with Crippen molar-refractivity contribution >= 4 is 35.5 Å². The molecule has 4 aliphatic rings. The van der Waals surface area contributed by atoms with Crippen LogP contribution in [-0.2, 0) is 42.9 Å². The van der Waals surface area contributed by atoms with E-state index in [4.69, 9.17) is 23.7 Å². The SMILES string of the molecule is CC(=O)N[C@H](C)[C@@H](O)[C@@H](C)[C@@H]1OC(=O)/C=C/C=C(C)\C=C\[C@]2(C)C[C@H](NC(=O)CCOCCOCCOCCOCCNC(=O)CCCC[C@@H]3SC[C@@H]4NC(O)N[C@@H]43)C=C[C@@H]2/C=C(C)/C=C/[C@H]1C. The Bertz CT molecular complexity index is 1790. The van der Waals surface area contributed by atoms with Gasteiger partial charge in [-0.1, -0.05) is 93.0 Å². The monoisotopic (exact) mass is 972 g/mol. The van der Waals surface area contributed by atoms with Gasteiger partial charge in [-0.25, -0.2) is 4.79 Å². The van der Waals surface area contributed by atoms with Crippen molar-refractivity contribution in [2.24, 2.45) is 23.2 Å². The average Bonchev–Trinajstić information content (AvgIpc) is 3.85. The summed E-state index contributed by atoms with van der Waals surface area (Å²) < 4.78 is 28.3. The van der Waals surface area contributed by atoms with Crippen molar-refractivity contribution < 1.29 is 53.1 Å². The summed E-state index contributed by atoms with van der Waals surface area (Å²) in [6.45, 7) is 16.7. The van der Waals surface area contributed by atoms with E-state index in [1.807, 2.05) is 63.8 Å². The number of cyclic esters (lactones) is 1. The van der Waals surface area contributed by atoms with Gasteiger partial charge < -0.3 is 49.8 Å². The van der Waals surface area contributed by atoms with Crippen molar-refractivity contribution in [2.45, 2.75) is 135 Å². The number of unbranched alkanes of at least 4 members (excludes halogenated alkanes) is 1. The van der Waals surface area contributed by atoms with Gasteiger partial charge in [0, 0.05) is 79.3 Å². The number of thioether (sulfide) groups is 1. The van der Waals surface area contributed by atoms with Crippen LogP contribution in [-0.4, -0.2) is 147 Å². The third-order valence-corrected chi connectivity index (χ3v) is 14.4. The van der Waals surface area contributed by atoms with E-state index in [-0.39, 0.29) is 54.0 Å². The Balaban J connectivity index is 1.08. The van der Waals surface area contributed by atoms with Gasteiger partial charge in [-0.2, -0.15) is 11.8 Å². The molecule has 382 valence electrons. The smallest absolute Gasteiger partial charge is 0.331 e. The third kappa shape index (κ3) is 20.4. The molecule has 1 aliphatic carbocycles. The molecule has 2 saturated heterocycles. The van der Waals surface area contributed by atoms with Gasteiger partial charge in [0.2, 0.25) is 17.7 Å². The molecule has 3 aliphatic heterocycles. The minimum Gasteiger partial charge on any atom is -0.458 e. The maximum Gasteiger partial charge on any atom is 0.331 e. The van der Waals surface area contributed by atoms with Crippen LogP contribution in [0.4, 0.5) is 0 Å². The predicted octanol–water partition coefficient (Wildman–Crippen LogP) is 4.15. The lowest BCUT2D eigenvalue weighted by atomic mass is 9.68. The number of ether oxygens (including phenoxy) is 5. The fraction of sp³-hybridized carbons (Fsp3) is 0.686. The highest BCUT2D eigenvalue weighted by molar-refractivity contribution is 8.00. The minimum absolute atomic E-state index is 0.0327. The number of aliphatic hydroxyl groups excluding tert-OH is 2. The summed E-state index contributed by atoms with van der Waals surface area (Å²) in [5.41, 5.74) is 1.61. The number of carbonyl (C=O) groups excluding carboxylic acids is 4. The van der Waals surface area contributed by atoms with Crippen LogP contribution in [0.15, 0.2) is 71.9 Å². The van der Waals surface area contributed by atoms with Crippen molar-refractivity contribution in [3.8, 4) is 0 Å². The van der Waals surface area contributed by atoms with Crippen molar-refractivity contribution in [3.63, 3.8) is 0 Å². The van der Waals surface area contributed by atoms with Crippen LogP contribution < -0.4 is 26.6 Å². The average molecular weight is 972 g/mol. The van der Waals surface area contributed by atoms with E-state index < -0.39 is 36.5 Å². The largest absolute Gasteiger partial charge is 0.458 e. The lowest BCUT2D eigenvalue weighted by molar-refractivity contribution is -0.151. The van der Waals surface area contributed by atoms with Crippen LogP contribution in [0.5, 0.6) is 0 Å². The van der Waals surface area contributed by atoms with Gasteiger partial charge in [-0.3, -0.25) is 25.0 Å². The van der Waals surface area contributed by atoms with Gasteiger partial charge in [0.05, 0.1) is 65.0 Å². The Morgan fingerprint density at radius 3 is 2.29 bits per heavy atom. The molecule has 17 heteroatoms. The molecule has 12 atom stereocenters. The molecule has 0 aromatic heterocycles. The summed E-state index contributed by atoms with van der Waals surface area (Å²) in [6, 6.07) is -0.0789. The summed E-state index contributed by atoms with van der Waals surface area (Å²) in [5.74, 6) is -0.527. The topological polar surface area (TPSA) is 215 Å². The highest BCUT2D eigenvalue weighted by Gasteiger charge is 2.42. The molecule has 0 bridgehead atoms. The number of carbonyl (C=O) groups is 4. The van der Waals surface area contributed by atoms with E-state index in [2.05, 4.69) is 57.8 Å². The van der Waals surface area contributed by atoms with Crippen LogP contribution in [0.25, 0.3) is 0 Å². The number of nitrogens with one attached hydrogen (secondary N) is 5. The van der Waals surface area contributed by atoms with E-state index in [0.717, 1.165) is 36.2 Å². The van der Waals surface area contributed by atoms with Gasteiger partial charge in [-0.15, -0.1) is 0 Å². The fourth-order valence-corrected chi connectivity index (χ4v) is 10.5.